The van der Waals surface area contributed by atoms with Gasteiger partial charge in [0, 0.05) is 19.1 Å². The summed E-state index contributed by atoms with van der Waals surface area (Å²) in [7, 11) is 0. The molecule has 0 aromatic carbocycles. The highest BCUT2D eigenvalue weighted by atomic mass is 16.4. The van der Waals surface area contributed by atoms with E-state index in [1.54, 1.807) is 0 Å². The smallest absolute Gasteiger partial charge is 0.317 e. The maximum absolute atomic E-state index is 12.4. The van der Waals surface area contributed by atoms with Crippen molar-refractivity contribution in [2.24, 2.45) is 5.41 Å². The lowest BCUT2D eigenvalue weighted by molar-refractivity contribution is -0.148. The van der Waals surface area contributed by atoms with Gasteiger partial charge in [0.1, 0.15) is 0 Å². The molecule has 2 rings (SSSR count). The molecule has 2 fully saturated rings. The second-order valence-corrected chi connectivity index (χ2v) is 6.53. The highest BCUT2D eigenvalue weighted by Gasteiger charge is 2.41. The molecule has 2 aliphatic rings. The lowest BCUT2D eigenvalue weighted by Crippen LogP contribution is -2.50. The van der Waals surface area contributed by atoms with Crippen molar-refractivity contribution in [3.05, 3.63) is 0 Å². The zero-order chi connectivity index (χ0) is 15.3. The molecular formula is C16H28N2O3. The van der Waals surface area contributed by atoms with Crippen molar-refractivity contribution >= 4 is 12.0 Å². The Balaban J connectivity index is 1.91. The Morgan fingerprint density at radius 3 is 2.29 bits per heavy atom. The average Bonchev–Trinajstić information content (AvgIpc) is 2.97. The Morgan fingerprint density at radius 1 is 1.14 bits per heavy atom. The molecule has 0 aromatic rings. The predicted octanol–water partition coefficient (Wildman–Crippen LogP) is 3.00. The predicted molar refractivity (Wildman–Crippen MR) is 81.2 cm³/mol. The van der Waals surface area contributed by atoms with Crippen LogP contribution in [0.4, 0.5) is 4.79 Å². The van der Waals surface area contributed by atoms with E-state index in [1.807, 2.05) is 11.8 Å². The summed E-state index contributed by atoms with van der Waals surface area (Å²) in [5.74, 6) is -0.763. The van der Waals surface area contributed by atoms with Crippen LogP contribution in [0.2, 0.25) is 0 Å². The van der Waals surface area contributed by atoms with Crippen molar-refractivity contribution in [1.29, 1.82) is 0 Å². The van der Waals surface area contributed by atoms with E-state index < -0.39 is 11.4 Å². The quantitative estimate of drug-likeness (QED) is 0.819. The summed E-state index contributed by atoms with van der Waals surface area (Å²) in [5, 5.41) is 12.4. The SMILES string of the molecule is CCN(C(=O)NCC1(C(=O)O)CCCC1)C1CCCCC1. The minimum absolute atomic E-state index is 0.0862. The Morgan fingerprint density at radius 2 is 1.76 bits per heavy atom. The van der Waals surface area contributed by atoms with Crippen molar-refractivity contribution in [2.75, 3.05) is 13.1 Å². The summed E-state index contributed by atoms with van der Waals surface area (Å²) >= 11 is 0. The molecule has 0 bridgehead atoms. The van der Waals surface area contributed by atoms with Gasteiger partial charge in [0.2, 0.25) is 0 Å². The zero-order valence-corrected chi connectivity index (χ0v) is 13.1. The first kappa shape index (κ1) is 16.1. The Labute approximate surface area is 127 Å². The number of urea groups is 1. The number of nitrogens with zero attached hydrogens (tertiary/aromatic N) is 1. The van der Waals surface area contributed by atoms with Crippen LogP contribution >= 0.6 is 0 Å². The molecule has 0 spiro atoms. The fraction of sp³-hybridized carbons (Fsp3) is 0.875. The van der Waals surface area contributed by atoms with Gasteiger partial charge in [-0.05, 0) is 32.6 Å². The topological polar surface area (TPSA) is 69.6 Å². The normalized spacial score (nSPS) is 22.0. The van der Waals surface area contributed by atoms with Crippen LogP contribution in [0, 0.1) is 5.41 Å². The third-order valence-electron chi connectivity index (χ3n) is 5.21. The number of carbonyl (C=O) groups is 2. The standard InChI is InChI=1S/C16H28N2O3/c1-2-18(13-8-4-3-5-9-13)15(21)17-12-16(14(19)20)10-6-7-11-16/h13H,2-12H2,1H3,(H,17,21)(H,19,20). The van der Waals surface area contributed by atoms with E-state index in [4.69, 9.17) is 0 Å². The minimum atomic E-state index is -0.763. The highest BCUT2D eigenvalue weighted by molar-refractivity contribution is 5.78. The van der Waals surface area contributed by atoms with Gasteiger partial charge in [-0.2, -0.15) is 0 Å². The van der Waals surface area contributed by atoms with Crippen LogP contribution in [0.3, 0.4) is 0 Å². The molecule has 0 heterocycles. The Hall–Kier alpha value is -1.26. The van der Waals surface area contributed by atoms with Crippen LogP contribution in [-0.4, -0.2) is 41.1 Å². The van der Waals surface area contributed by atoms with Crippen LogP contribution in [0.1, 0.15) is 64.7 Å². The van der Waals surface area contributed by atoms with Gasteiger partial charge in [0.05, 0.1) is 5.41 Å². The van der Waals surface area contributed by atoms with Crippen molar-refractivity contribution in [3.8, 4) is 0 Å². The van der Waals surface area contributed by atoms with Gasteiger partial charge in [-0.3, -0.25) is 4.79 Å². The third kappa shape index (κ3) is 3.69. The molecule has 2 saturated carbocycles. The molecule has 0 saturated heterocycles. The number of carboxylic acid groups (broad SMARTS) is 1. The van der Waals surface area contributed by atoms with Crippen molar-refractivity contribution in [2.45, 2.75) is 70.8 Å². The van der Waals surface area contributed by atoms with Gasteiger partial charge in [-0.1, -0.05) is 32.1 Å². The van der Waals surface area contributed by atoms with Gasteiger partial charge < -0.3 is 15.3 Å². The van der Waals surface area contributed by atoms with Crippen LogP contribution < -0.4 is 5.32 Å². The Kier molecular flexibility index (Phi) is 5.48. The first-order valence-corrected chi connectivity index (χ1v) is 8.37. The number of amides is 2. The molecule has 2 aliphatic carbocycles. The number of carboxylic acids is 1. The van der Waals surface area contributed by atoms with Crippen LogP contribution in [-0.2, 0) is 4.79 Å². The maximum Gasteiger partial charge on any atom is 0.317 e. The monoisotopic (exact) mass is 296 g/mol. The van der Waals surface area contributed by atoms with E-state index in [-0.39, 0.29) is 12.6 Å². The average molecular weight is 296 g/mol. The molecule has 2 amide bonds. The van der Waals surface area contributed by atoms with E-state index >= 15 is 0 Å². The molecule has 5 heteroatoms. The summed E-state index contributed by atoms with van der Waals surface area (Å²) < 4.78 is 0. The summed E-state index contributed by atoms with van der Waals surface area (Å²) in [5.41, 5.74) is -0.734. The number of rotatable bonds is 5. The molecule has 2 N–H and O–H groups in total. The van der Waals surface area contributed by atoms with E-state index in [9.17, 15) is 14.7 Å². The zero-order valence-electron chi connectivity index (χ0n) is 13.1. The van der Waals surface area contributed by atoms with E-state index in [1.165, 1.54) is 19.3 Å². The molecule has 0 unspecified atom stereocenters. The van der Waals surface area contributed by atoms with Crippen LogP contribution in [0.5, 0.6) is 0 Å². The van der Waals surface area contributed by atoms with E-state index in [0.29, 0.717) is 25.4 Å². The number of aliphatic carboxylic acids is 1. The molecule has 0 atom stereocenters. The third-order valence-corrected chi connectivity index (χ3v) is 5.21. The second kappa shape index (κ2) is 7.14. The van der Waals surface area contributed by atoms with Gasteiger partial charge in [-0.25, -0.2) is 4.79 Å². The van der Waals surface area contributed by atoms with Gasteiger partial charge in [-0.15, -0.1) is 0 Å². The van der Waals surface area contributed by atoms with E-state index in [0.717, 1.165) is 25.7 Å². The van der Waals surface area contributed by atoms with Gasteiger partial charge in [0.25, 0.3) is 0 Å². The van der Waals surface area contributed by atoms with E-state index in [2.05, 4.69) is 5.32 Å². The van der Waals surface area contributed by atoms with Gasteiger partial charge in [0.15, 0.2) is 0 Å². The number of nitrogens with one attached hydrogen (secondary N) is 1. The maximum atomic E-state index is 12.4. The molecule has 0 aliphatic heterocycles. The lowest BCUT2D eigenvalue weighted by Gasteiger charge is -2.34. The second-order valence-electron chi connectivity index (χ2n) is 6.53. The number of hydrogen-bond acceptors (Lipinski definition) is 2. The minimum Gasteiger partial charge on any atom is -0.481 e. The molecule has 5 nitrogen and oxygen atoms in total. The molecule has 120 valence electrons. The summed E-state index contributed by atoms with van der Waals surface area (Å²) in [4.78, 5) is 25.8. The lowest BCUT2D eigenvalue weighted by atomic mass is 9.86. The summed E-state index contributed by atoms with van der Waals surface area (Å²) in [6.07, 6.45) is 9.04. The van der Waals surface area contributed by atoms with Crippen molar-refractivity contribution in [1.82, 2.24) is 10.2 Å². The highest BCUT2D eigenvalue weighted by Crippen LogP contribution is 2.37. The molecular weight excluding hydrogens is 268 g/mol. The molecule has 0 radical (unpaired) electrons. The molecule has 21 heavy (non-hydrogen) atoms. The number of carbonyl (C=O) groups excluding carboxylic acids is 1. The van der Waals surface area contributed by atoms with Crippen LogP contribution in [0.25, 0.3) is 0 Å². The van der Waals surface area contributed by atoms with Crippen LogP contribution in [0.15, 0.2) is 0 Å². The fourth-order valence-electron chi connectivity index (χ4n) is 3.82. The summed E-state index contributed by atoms with van der Waals surface area (Å²) in [6, 6.07) is 0.241. The first-order valence-electron chi connectivity index (χ1n) is 8.37. The first-order chi connectivity index (χ1) is 10.1. The van der Waals surface area contributed by atoms with Crippen molar-refractivity contribution in [3.63, 3.8) is 0 Å². The largest absolute Gasteiger partial charge is 0.481 e. The molecule has 0 aromatic heterocycles. The Bertz CT molecular complexity index is 372. The van der Waals surface area contributed by atoms with Gasteiger partial charge >= 0.3 is 12.0 Å². The fourth-order valence-corrected chi connectivity index (χ4v) is 3.82. The number of hydrogen-bond donors (Lipinski definition) is 2. The van der Waals surface area contributed by atoms with Crippen molar-refractivity contribution < 1.29 is 14.7 Å². The summed E-state index contributed by atoms with van der Waals surface area (Å²) in [6.45, 7) is 2.96.